The Morgan fingerprint density at radius 2 is 1.90 bits per heavy atom. The van der Waals surface area contributed by atoms with Gasteiger partial charge in [-0.3, -0.25) is 0 Å². The molecule has 1 rings (SSSR count). The predicted octanol–water partition coefficient (Wildman–Crippen LogP) is 0.577. The van der Waals surface area contributed by atoms with E-state index >= 15 is 0 Å². The first-order valence-corrected chi connectivity index (χ1v) is 6.66. The third-order valence-electron chi connectivity index (χ3n) is 3.05. The maximum absolute atomic E-state index is 9.05. The second-order valence-corrected chi connectivity index (χ2v) is 5.12. The van der Waals surface area contributed by atoms with Crippen LogP contribution in [0.5, 0.6) is 5.75 Å². The highest BCUT2D eigenvalue weighted by Gasteiger charge is 2.15. The summed E-state index contributed by atoms with van der Waals surface area (Å²) in [5.41, 5.74) is 0.233. The Balaban J connectivity index is 2.20. The molecule has 20 heavy (non-hydrogen) atoms. The van der Waals surface area contributed by atoms with Crippen LogP contribution < -0.4 is 10.2 Å². The summed E-state index contributed by atoms with van der Waals surface area (Å²) in [4.78, 5) is 0. The molecule has 6 heteroatoms. The van der Waals surface area contributed by atoms with Crippen molar-refractivity contribution >= 4 is 12.6 Å². The lowest BCUT2D eigenvalue weighted by Gasteiger charge is -2.22. The molecule has 0 radical (unpaired) electrons. The molecule has 5 nitrogen and oxygen atoms in total. The van der Waals surface area contributed by atoms with Crippen LogP contribution in [0.25, 0.3) is 0 Å². The van der Waals surface area contributed by atoms with E-state index < -0.39 is 7.12 Å². The molecule has 0 heterocycles. The van der Waals surface area contributed by atoms with E-state index in [1.165, 1.54) is 0 Å². The molecule has 0 fully saturated rings. The lowest BCUT2D eigenvalue weighted by molar-refractivity contribution is -0.0128. The van der Waals surface area contributed by atoms with Gasteiger partial charge in [-0.2, -0.15) is 0 Å². The van der Waals surface area contributed by atoms with E-state index in [4.69, 9.17) is 24.3 Å². The molecular weight excluding hydrogens is 259 g/mol. The fourth-order valence-corrected chi connectivity index (χ4v) is 1.51. The van der Waals surface area contributed by atoms with Crippen LogP contribution in [-0.2, 0) is 9.47 Å². The molecule has 112 valence electrons. The van der Waals surface area contributed by atoms with Crippen LogP contribution in [0, 0.1) is 0 Å². The first-order chi connectivity index (χ1) is 9.44. The highest BCUT2D eigenvalue weighted by molar-refractivity contribution is 6.58. The fourth-order valence-electron chi connectivity index (χ4n) is 1.51. The topological polar surface area (TPSA) is 68.2 Å². The summed E-state index contributed by atoms with van der Waals surface area (Å²) in [5.74, 6) is 0.594. The molecule has 0 spiro atoms. The van der Waals surface area contributed by atoms with E-state index in [9.17, 15) is 0 Å². The molecule has 0 unspecified atom stereocenters. The van der Waals surface area contributed by atoms with Gasteiger partial charge in [0.25, 0.3) is 0 Å². The van der Waals surface area contributed by atoms with Gasteiger partial charge in [0, 0.05) is 13.7 Å². The van der Waals surface area contributed by atoms with Gasteiger partial charge in [0.05, 0.1) is 12.2 Å². The molecule has 0 saturated heterocycles. The molecule has 0 aliphatic carbocycles. The Hall–Kier alpha value is -1.08. The van der Waals surface area contributed by atoms with E-state index in [1.54, 1.807) is 31.4 Å². The minimum atomic E-state index is -1.48. The Morgan fingerprint density at radius 3 is 2.55 bits per heavy atom. The van der Waals surface area contributed by atoms with E-state index in [2.05, 4.69) is 0 Å². The predicted molar refractivity (Wildman–Crippen MR) is 78.3 cm³/mol. The maximum atomic E-state index is 9.05. The lowest BCUT2D eigenvalue weighted by Crippen LogP contribution is -2.29. The quantitative estimate of drug-likeness (QED) is 0.512. The normalized spacial score (nSPS) is 11.4. The van der Waals surface area contributed by atoms with E-state index in [-0.39, 0.29) is 5.60 Å². The first kappa shape index (κ1) is 17.0. The van der Waals surface area contributed by atoms with Crippen molar-refractivity contribution in [1.29, 1.82) is 0 Å². The van der Waals surface area contributed by atoms with Gasteiger partial charge >= 0.3 is 7.12 Å². The maximum Gasteiger partial charge on any atom is 0.488 e. The Morgan fingerprint density at radius 1 is 1.15 bits per heavy atom. The molecule has 0 amide bonds. The van der Waals surface area contributed by atoms with Gasteiger partial charge < -0.3 is 24.3 Å². The van der Waals surface area contributed by atoms with Crippen LogP contribution >= 0.6 is 0 Å². The highest BCUT2D eigenvalue weighted by Crippen LogP contribution is 2.12. The van der Waals surface area contributed by atoms with Crippen LogP contribution in [0.1, 0.15) is 20.3 Å². The van der Waals surface area contributed by atoms with Gasteiger partial charge in [0.15, 0.2) is 0 Å². The summed E-state index contributed by atoms with van der Waals surface area (Å²) in [6, 6.07) is 6.70. The van der Waals surface area contributed by atoms with E-state index in [0.717, 1.165) is 6.42 Å². The molecule has 1 aromatic rings. The average Bonchev–Trinajstić information content (AvgIpc) is 2.43. The monoisotopic (exact) mass is 282 g/mol. The van der Waals surface area contributed by atoms with Crippen molar-refractivity contribution in [3.63, 3.8) is 0 Å². The van der Waals surface area contributed by atoms with Crippen LogP contribution in [0.2, 0.25) is 0 Å². The van der Waals surface area contributed by atoms with Crippen LogP contribution in [0.3, 0.4) is 0 Å². The fraction of sp³-hybridized carbons (Fsp3) is 0.571. The molecule has 2 N–H and O–H groups in total. The number of rotatable bonds is 9. The minimum Gasteiger partial charge on any atom is -0.491 e. The van der Waals surface area contributed by atoms with Gasteiger partial charge in [0.2, 0.25) is 0 Å². The smallest absolute Gasteiger partial charge is 0.488 e. The van der Waals surface area contributed by atoms with Crippen molar-refractivity contribution in [2.24, 2.45) is 0 Å². The number of hydrogen-bond acceptors (Lipinski definition) is 5. The van der Waals surface area contributed by atoms with Crippen LogP contribution in [-0.4, -0.2) is 49.7 Å². The van der Waals surface area contributed by atoms with Gasteiger partial charge in [-0.05, 0) is 37.9 Å². The SMILES string of the molecule is COC(C)(C)CCOCCOc1cccc(B(O)O)c1. The molecule has 0 bridgehead atoms. The number of benzene rings is 1. The van der Waals surface area contributed by atoms with Crippen molar-refractivity contribution in [2.45, 2.75) is 25.9 Å². The zero-order valence-electron chi connectivity index (χ0n) is 12.3. The lowest BCUT2D eigenvalue weighted by atomic mass is 9.80. The highest BCUT2D eigenvalue weighted by atomic mass is 16.5. The summed E-state index contributed by atoms with van der Waals surface area (Å²) in [6.45, 7) is 5.53. The Labute approximate surface area is 120 Å². The molecule has 0 atom stereocenters. The summed E-state index contributed by atoms with van der Waals surface area (Å²) < 4.78 is 16.2. The van der Waals surface area contributed by atoms with Crippen LogP contribution in [0.4, 0.5) is 0 Å². The van der Waals surface area contributed by atoms with Crippen molar-refractivity contribution in [2.75, 3.05) is 26.9 Å². The summed E-state index contributed by atoms with van der Waals surface area (Å²) in [7, 11) is 0.206. The third kappa shape index (κ3) is 6.39. The number of methoxy groups -OCH3 is 1. The zero-order chi connectivity index (χ0) is 15.0. The van der Waals surface area contributed by atoms with Crippen molar-refractivity contribution in [3.05, 3.63) is 24.3 Å². The standard InChI is InChI=1S/C14H23BO5/c1-14(2,18-3)7-8-19-9-10-20-13-6-4-5-12(11-13)15(16)17/h4-6,11,16-17H,7-10H2,1-3H3. The Kier molecular flexibility index (Phi) is 7.02. The summed E-state index contributed by atoms with van der Waals surface area (Å²) in [6.07, 6.45) is 0.815. The van der Waals surface area contributed by atoms with Gasteiger partial charge in [0.1, 0.15) is 12.4 Å². The third-order valence-corrected chi connectivity index (χ3v) is 3.05. The largest absolute Gasteiger partial charge is 0.491 e. The number of ether oxygens (including phenoxy) is 3. The molecule has 0 aliphatic heterocycles. The molecular formula is C14H23BO5. The van der Waals surface area contributed by atoms with E-state index in [0.29, 0.717) is 31.0 Å². The average molecular weight is 282 g/mol. The summed E-state index contributed by atoms with van der Waals surface area (Å²) >= 11 is 0. The second-order valence-electron chi connectivity index (χ2n) is 5.12. The molecule has 0 saturated carbocycles. The van der Waals surface area contributed by atoms with E-state index in [1.807, 2.05) is 13.8 Å². The molecule has 1 aromatic carbocycles. The van der Waals surface area contributed by atoms with Gasteiger partial charge in [-0.1, -0.05) is 12.1 Å². The molecule has 0 aromatic heterocycles. The number of hydrogen-bond donors (Lipinski definition) is 2. The Bertz CT molecular complexity index is 395. The minimum absolute atomic E-state index is 0.174. The van der Waals surface area contributed by atoms with Crippen molar-refractivity contribution in [3.8, 4) is 5.75 Å². The van der Waals surface area contributed by atoms with Crippen molar-refractivity contribution in [1.82, 2.24) is 0 Å². The molecule has 0 aliphatic rings. The zero-order valence-corrected chi connectivity index (χ0v) is 12.3. The van der Waals surface area contributed by atoms with Gasteiger partial charge in [-0.25, -0.2) is 0 Å². The van der Waals surface area contributed by atoms with Gasteiger partial charge in [-0.15, -0.1) is 0 Å². The van der Waals surface area contributed by atoms with Crippen LogP contribution in [0.15, 0.2) is 24.3 Å². The summed E-state index contributed by atoms with van der Waals surface area (Å²) in [5, 5.41) is 18.1. The van der Waals surface area contributed by atoms with Crippen molar-refractivity contribution < 1.29 is 24.3 Å². The first-order valence-electron chi connectivity index (χ1n) is 6.66. The second kappa shape index (κ2) is 8.27.